The number of halogens is 1. The first kappa shape index (κ1) is 35.7. The zero-order valence-electron chi connectivity index (χ0n) is 30.8. The Hall–Kier alpha value is -5.72. The SMILES string of the molecule is CCN(c1ccccc1)c1ccc(C(c2ccc(N(CC)c3ccccc3)cc2)c2sc(N(CC)c3ccccc3C)nc2-c2ccccc2F)cc1. The minimum Gasteiger partial charge on any atom is -0.342 e. The number of para-hydroxylation sites is 3. The van der Waals surface area contributed by atoms with Crippen molar-refractivity contribution >= 4 is 44.9 Å². The zero-order chi connectivity index (χ0) is 36.7. The quantitative estimate of drug-likeness (QED) is 0.118. The largest absolute Gasteiger partial charge is 0.342 e. The summed E-state index contributed by atoms with van der Waals surface area (Å²) < 4.78 is 15.8. The van der Waals surface area contributed by atoms with E-state index in [4.69, 9.17) is 4.98 Å². The van der Waals surface area contributed by atoms with Crippen LogP contribution in [0.15, 0.2) is 158 Å². The molecule has 0 amide bonds. The van der Waals surface area contributed by atoms with Crippen molar-refractivity contribution in [3.63, 3.8) is 0 Å². The van der Waals surface area contributed by atoms with E-state index < -0.39 is 0 Å². The average molecular weight is 717 g/mol. The van der Waals surface area contributed by atoms with Crippen LogP contribution in [0.25, 0.3) is 11.3 Å². The monoisotopic (exact) mass is 716 g/mol. The summed E-state index contributed by atoms with van der Waals surface area (Å²) in [6.07, 6.45) is 0. The first-order chi connectivity index (χ1) is 26.0. The molecule has 0 bridgehead atoms. The molecular weight excluding hydrogens is 672 g/mol. The fraction of sp³-hybridized carbons (Fsp3) is 0.170. The summed E-state index contributed by atoms with van der Waals surface area (Å²) in [6, 6.07) is 54.1. The topological polar surface area (TPSA) is 22.6 Å². The molecular formula is C47H45FN4S. The summed E-state index contributed by atoms with van der Waals surface area (Å²) >= 11 is 1.65. The molecule has 0 N–H and O–H groups in total. The van der Waals surface area contributed by atoms with E-state index in [1.165, 1.54) is 11.6 Å². The van der Waals surface area contributed by atoms with Gasteiger partial charge >= 0.3 is 0 Å². The third kappa shape index (κ3) is 7.46. The molecule has 0 unspecified atom stereocenters. The third-order valence-electron chi connectivity index (χ3n) is 9.83. The van der Waals surface area contributed by atoms with Crippen LogP contribution in [0, 0.1) is 12.7 Å². The van der Waals surface area contributed by atoms with Gasteiger partial charge < -0.3 is 14.7 Å². The molecule has 7 aromatic rings. The van der Waals surface area contributed by atoms with Crippen molar-refractivity contribution in [3.8, 4) is 11.3 Å². The van der Waals surface area contributed by atoms with Crippen LogP contribution in [-0.2, 0) is 0 Å². The van der Waals surface area contributed by atoms with Crippen molar-refractivity contribution in [1.29, 1.82) is 0 Å². The molecule has 53 heavy (non-hydrogen) atoms. The highest BCUT2D eigenvalue weighted by Gasteiger charge is 2.29. The van der Waals surface area contributed by atoms with E-state index >= 15 is 4.39 Å². The maximum absolute atomic E-state index is 15.8. The highest BCUT2D eigenvalue weighted by molar-refractivity contribution is 7.16. The number of hydrogen-bond acceptors (Lipinski definition) is 5. The Morgan fingerprint density at radius 2 is 0.981 bits per heavy atom. The summed E-state index contributed by atoms with van der Waals surface area (Å²) in [5.41, 5.74) is 10.2. The number of thiazole rings is 1. The molecule has 4 nitrogen and oxygen atoms in total. The molecule has 266 valence electrons. The number of aromatic nitrogens is 1. The molecule has 6 aromatic carbocycles. The lowest BCUT2D eigenvalue weighted by molar-refractivity contribution is 0.630. The molecule has 0 saturated heterocycles. The highest BCUT2D eigenvalue weighted by atomic mass is 32.1. The minimum absolute atomic E-state index is 0.201. The normalized spacial score (nSPS) is 11.1. The van der Waals surface area contributed by atoms with Gasteiger partial charge in [0.25, 0.3) is 0 Å². The van der Waals surface area contributed by atoms with E-state index in [0.717, 1.165) is 69.2 Å². The number of nitrogens with zero attached hydrogens (tertiary/aromatic N) is 4. The summed E-state index contributed by atoms with van der Waals surface area (Å²) in [5.74, 6) is -0.481. The third-order valence-corrected chi connectivity index (χ3v) is 11.0. The average Bonchev–Trinajstić information content (AvgIpc) is 3.62. The summed E-state index contributed by atoms with van der Waals surface area (Å²) in [6.45, 7) is 11.0. The molecule has 1 heterocycles. The minimum atomic E-state index is -0.281. The molecule has 0 radical (unpaired) electrons. The summed E-state index contributed by atoms with van der Waals surface area (Å²) in [5, 5.41) is 0.843. The van der Waals surface area contributed by atoms with E-state index in [9.17, 15) is 0 Å². The Morgan fingerprint density at radius 1 is 0.528 bits per heavy atom. The molecule has 1 aromatic heterocycles. The fourth-order valence-electron chi connectivity index (χ4n) is 7.19. The van der Waals surface area contributed by atoms with Crippen molar-refractivity contribution in [2.24, 2.45) is 0 Å². The number of hydrogen-bond donors (Lipinski definition) is 0. The number of rotatable bonds is 13. The van der Waals surface area contributed by atoms with Crippen molar-refractivity contribution in [3.05, 3.63) is 185 Å². The van der Waals surface area contributed by atoms with Crippen molar-refractivity contribution in [2.75, 3.05) is 34.3 Å². The molecule has 6 heteroatoms. The van der Waals surface area contributed by atoms with Crippen LogP contribution in [0.2, 0.25) is 0 Å². The molecule has 0 fully saturated rings. The highest BCUT2D eigenvalue weighted by Crippen LogP contribution is 2.46. The predicted octanol–water partition coefficient (Wildman–Crippen LogP) is 12.9. The Bertz CT molecular complexity index is 2140. The van der Waals surface area contributed by atoms with Gasteiger partial charge in [0.15, 0.2) is 5.13 Å². The number of aryl methyl sites for hydroxylation is 1. The zero-order valence-corrected chi connectivity index (χ0v) is 31.6. The van der Waals surface area contributed by atoms with Crippen LogP contribution < -0.4 is 14.7 Å². The van der Waals surface area contributed by atoms with Gasteiger partial charge in [-0.05, 0) is 111 Å². The maximum atomic E-state index is 15.8. The van der Waals surface area contributed by atoms with Crippen molar-refractivity contribution in [2.45, 2.75) is 33.6 Å². The van der Waals surface area contributed by atoms with Crippen LogP contribution in [-0.4, -0.2) is 24.6 Å². The Morgan fingerprint density at radius 3 is 1.47 bits per heavy atom. The first-order valence-corrected chi connectivity index (χ1v) is 19.3. The van der Waals surface area contributed by atoms with Crippen molar-refractivity contribution < 1.29 is 4.39 Å². The van der Waals surface area contributed by atoms with Crippen molar-refractivity contribution in [1.82, 2.24) is 4.98 Å². The molecule has 7 rings (SSSR count). The lowest BCUT2D eigenvalue weighted by Gasteiger charge is -2.26. The molecule has 0 aliphatic rings. The number of benzene rings is 6. The molecule has 0 spiro atoms. The van der Waals surface area contributed by atoms with Gasteiger partial charge in [0.1, 0.15) is 5.82 Å². The van der Waals surface area contributed by atoms with Gasteiger partial charge in [-0.3, -0.25) is 0 Å². The Kier molecular flexibility index (Phi) is 11.0. The van der Waals surface area contributed by atoms with Crippen LogP contribution in [0.4, 0.5) is 38.0 Å². The number of anilines is 6. The molecule has 0 aliphatic carbocycles. The predicted molar refractivity (Wildman–Crippen MR) is 223 cm³/mol. The van der Waals surface area contributed by atoms with Gasteiger partial charge in [-0.25, -0.2) is 9.37 Å². The Labute approximate surface area is 317 Å². The second-order valence-electron chi connectivity index (χ2n) is 13.0. The van der Waals surface area contributed by atoms with Crippen LogP contribution in [0.1, 0.15) is 48.3 Å². The van der Waals surface area contributed by atoms with Crippen LogP contribution in [0.5, 0.6) is 0 Å². The van der Waals surface area contributed by atoms with Crippen LogP contribution in [0.3, 0.4) is 0 Å². The fourth-order valence-corrected chi connectivity index (χ4v) is 8.50. The molecule has 0 atom stereocenters. The van der Waals surface area contributed by atoms with Gasteiger partial charge in [-0.2, -0.15) is 0 Å². The summed E-state index contributed by atoms with van der Waals surface area (Å²) in [4.78, 5) is 13.2. The lowest BCUT2D eigenvalue weighted by atomic mass is 9.87. The Balaban J connectivity index is 1.39. The summed E-state index contributed by atoms with van der Waals surface area (Å²) in [7, 11) is 0. The van der Waals surface area contributed by atoms with Gasteiger partial charge in [0.05, 0.1) is 5.69 Å². The van der Waals surface area contributed by atoms with E-state index in [1.807, 2.05) is 24.3 Å². The molecule has 0 aliphatic heterocycles. The second kappa shape index (κ2) is 16.3. The van der Waals surface area contributed by atoms with E-state index in [1.54, 1.807) is 17.4 Å². The lowest BCUT2D eigenvalue weighted by Crippen LogP contribution is -2.16. The van der Waals surface area contributed by atoms with Gasteiger partial charge in [0.2, 0.25) is 0 Å². The van der Waals surface area contributed by atoms with E-state index in [0.29, 0.717) is 11.3 Å². The smallest absolute Gasteiger partial charge is 0.190 e. The second-order valence-corrected chi connectivity index (χ2v) is 14.0. The van der Waals surface area contributed by atoms with Gasteiger partial charge in [0, 0.05) is 64.4 Å². The van der Waals surface area contributed by atoms with E-state index in [2.05, 4.69) is 164 Å². The standard InChI is InChI=1S/C47H45FN4S/c1-5-50(37-19-10-8-11-20-37)39-30-26-35(27-31-39)44(36-28-32-40(33-29-36)51(6-2)38-21-12-9-13-22-38)46-45(41-23-15-16-24-42(41)48)49-47(53-46)52(7-3)43-25-17-14-18-34(43)4/h8-33,44H,5-7H2,1-4H3. The van der Waals surface area contributed by atoms with Gasteiger partial charge in [-0.15, -0.1) is 0 Å². The first-order valence-electron chi connectivity index (χ1n) is 18.4. The van der Waals surface area contributed by atoms with E-state index in [-0.39, 0.29) is 11.7 Å². The maximum Gasteiger partial charge on any atom is 0.190 e. The molecule has 0 saturated carbocycles. The van der Waals surface area contributed by atoms with Gasteiger partial charge in [-0.1, -0.05) is 102 Å². The van der Waals surface area contributed by atoms with Crippen LogP contribution >= 0.6 is 11.3 Å².